The standard InChI is InChI=1S/C21H22FNO4/c1-14(2)21(25)27-18-10-6-15(12-19(18)26-3)7-11-20(24)23-13-16-4-8-17(22)9-5-16/h4-12,14H,13H2,1-3H3,(H,23,24)/b11-7+. The summed E-state index contributed by atoms with van der Waals surface area (Å²) in [4.78, 5) is 23.6. The van der Waals surface area contributed by atoms with Crippen LogP contribution in [0.25, 0.3) is 6.08 Å². The second-order valence-corrected chi connectivity index (χ2v) is 6.16. The van der Waals surface area contributed by atoms with Gasteiger partial charge in [0.2, 0.25) is 5.91 Å². The number of benzene rings is 2. The highest BCUT2D eigenvalue weighted by Gasteiger charge is 2.13. The molecule has 0 atom stereocenters. The average molecular weight is 371 g/mol. The minimum atomic E-state index is -0.350. The molecule has 0 saturated carbocycles. The van der Waals surface area contributed by atoms with Crippen LogP contribution in [0.15, 0.2) is 48.5 Å². The third-order valence-electron chi connectivity index (χ3n) is 3.68. The van der Waals surface area contributed by atoms with Crippen LogP contribution >= 0.6 is 0 Å². The number of rotatable bonds is 7. The van der Waals surface area contributed by atoms with Crippen molar-refractivity contribution in [2.45, 2.75) is 20.4 Å². The SMILES string of the molecule is COc1cc(/C=C/C(=O)NCc2ccc(F)cc2)ccc1OC(=O)C(C)C. The van der Waals surface area contributed by atoms with Gasteiger partial charge in [0.25, 0.3) is 0 Å². The summed E-state index contributed by atoms with van der Waals surface area (Å²) in [5, 5.41) is 2.72. The molecule has 2 rings (SSSR count). The molecule has 0 fully saturated rings. The van der Waals surface area contributed by atoms with Crippen LogP contribution < -0.4 is 14.8 Å². The van der Waals surface area contributed by atoms with Crippen molar-refractivity contribution in [3.8, 4) is 11.5 Å². The Morgan fingerprint density at radius 3 is 2.44 bits per heavy atom. The fourth-order valence-corrected chi connectivity index (χ4v) is 2.12. The summed E-state index contributed by atoms with van der Waals surface area (Å²) in [5.74, 6) is -0.474. The highest BCUT2D eigenvalue weighted by atomic mass is 19.1. The zero-order valence-electron chi connectivity index (χ0n) is 15.5. The molecule has 2 aromatic rings. The second-order valence-electron chi connectivity index (χ2n) is 6.16. The Morgan fingerprint density at radius 2 is 1.81 bits per heavy atom. The Balaban J connectivity index is 1.97. The van der Waals surface area contributed by atoms with E-state index in [0.29, 0.717) is 23.6 Å². The van der Waals surface area contributed by atoms with E-state index in [-0.39, 0.29) is 23.6 Å². The first kappa shape index (κ1) is 20.2. The zero-order chi connectivity index (χ0) is 19.8. The molecule has 0 aliphatic rings. The molecule has 27 heavy (non-hydrogen) atoms. The predicted octanol–water partition coefficient (Wildman–Crippen LogP) is 3.73. The van der Waals surface area contributed by atoms with Gasteiger partial charge in [-0.15, -0.1) is 0 Å². The highest BCUT2D eigenvalue weighted by molar-refractivity contribution is 5.91. The normalized spacial score (nSPS) is 10.9. The van der Waals surface area contributed by atoms with Crippen molar-refractivity contribution in [1.29, 1.82) is 0 Å². The van der Waals surface area contributed by atoms with E-state index in [0.717, 1.165) is 5.56 Å². The van der Waals surface area contributed by atoms with Crippen LogP contribution in [0.3, 0.4) is 0 Å². The number of carbonyl (C=O) groups is 2. The number of halogens is 1. The molecule has 1 amide bonds. The molecule has 0 bridgehead atoms. The topological polar surface area (TPSA) is 64.6 Å². The molecule has 2 aromatic carbocycles. The van der Waals surface area contributed by atoms with E-state index in [1.165, 1.54) is 25.3 Å². The smallest absolute Gasteiger partial charge is 0.313 e. The molecule has 6 heteroatoms. The first-order chi connectivity index (χ1) is 12.9. The summed E-state index contributed by atoms with van der Waals surface area (Å²) in [6, 6.07) is 10.9. The highest BCUT2D eigenvalue weighted by Crippen LogP contribution is 2.29. The summed E-state index contributed by atoms with van der Waals surface area (Å²) in [5.41, 5.74) is 1.52. The molecule has 0 heterocycles. The molecule has 0 spiro atoms. The predicted molar refractivity (Wildman–Crippen MR) is 101 cm³/mol. The number of carbonyl (C=O) groups excluding carboxylic acids is 2. The molecular weight excluding hydrogens is 349 g/mol. The maximum atomic E-state index is 12.9. The lowest BCUT2D eigenvalue weighted by Crippen LogP contribution is -2.20. The van der Waals surface area contributed by atoms with Crippen LogP contribution in [-0.4, -0.2) is 19.0 Å². The van der Waals surface area contributed by atoms with Gasteiger partial charge < -0.3 is 14.8 Å². The number of methoxy groups -OCH3 is 1. The Bertz CT molecular complexity index is 829. The molecule has 5 nitrogen and oxygen atoms in total. The zero-order valence-corrected chi connectivity index (χ0v) is 15.5. The molecule has 0 aliphatic heterocycles. The number of amides is 1. The van der Waals surface area contributed by atoms with Crippen LogP contribution in [0.2, 0.25) is 0 Å². The maximum Gasteiger partial charge on any atom is 0.313 e. The first-order valence-corrected chi connectivity index (χ1v) is 8.49. The summed E-state index contributed by atoms with van der Waals surface area (Å²) in [7, 11) is 1.48. The van der Waals surface area contributed by atoms with E-state index in [1.807, 2.05) is 0 Å². The second kappa shape index (κ2) is 9.52. The number of hydrogen-bond donors (Lipinski definition) is 1. The van der Waals surface area contributed by atoms with Crippen molar-refractivity contribution < 1.29 is 23.5 Å². The monoisotopic (exact) mass is 371 g/mol. The molecular formula is C21H22FNO4. The van der Waals surface area contributed by atoms with E-state index in [1.54, 1.807) is 50.3 Å². The molecule has 0 unspecified atom stereocenters. The lowest BCUT2D eigenvalue weighted by molar-refractivity contribution is -0.137. The Labute approximate surface area is 157 Å². The minimum absolute atomic E-state index is 0.251. The van der Waals surface area contributed by atoms with E-state index in [2.05, 4.69) is 5.32 Å². The van der Waals surface area contributed by atoms with Gasteiger partial charge >= 0.3 is 5.97 Å². The van der Waals surface area contributed by atoms with Gasteiger partial charge in [-0.25, -0.2) is 4.39 Å². The van der Waals surface area contributed by atoms with Crippen molar-refractivity contribution in [1.82, 2.24) is 5.32 Å². The Kier molecular flexibility index (Phi) is 7.11. The third-order valence-corrected chi connectivity index (χ3v) is 3.68. The Hall–Kier alpha value is -3.15. The van der Waals surface area contributed by atoms with Crippen LogP contribution in [0.5, 0.6) is 11.5 Å². The van der Waals surface area contributed by atoms with Crippen molar-refractivity contribution in [3.63, 3.8) is 0 Å². The van der Waals surface area contributed by atoms with Gasteiger partial charge in [0.15, 0.2) is 11.5 Å². The first-order valence-electron chi connectivity index (χ1n) is 8.49. The van der Waals surface area contributed by atoms with Crippen LogP contribution in [-0.2, 0) is 16.1 Å². The molecule has 0 saturated heterocycles. The summed E-state index contributed by atoms with van der Waals surface area (Å²) >= 11 is 0. The summed E-state index contributed by atoms with van der Waals surface area (Å²) < 4.78 is 23.4. The Morgan fingerprint density at radius 1 is 1.11 bits per heavy atom. The molecule has 0 aliphatic carbocycles. The van der Waals surface area contributed by atoms with E-state index < -0.39 is 0 Å². The number of ether oxygens (including phenoxy) is 2. The van der Waals surface area contributed by atoms with E-state index in [9.17, 15) is 14.0 Å². The summed E-state index contributed by atoms with van der Waals surface area (Å²) in [6.07, 6.45) is 3.01. The van der Waals surface area contributed by atoms with E-state index in [4.69, 9.17) is 9.47 Å². The number of nitrogens with one attached hydrogen (secondary N) is 1. The summed E-state index contributed by atoms with van der Waals surface area (Å²) in [6.45, 7) is 3.80. The van der Waals surface area contributed by atoms with E-state index >= 15 is 0 Å². The maximum absolute atomic E-state index is 12.9. The fraction of sp³-hybridized carbons (Fsp3) is 0.238. The van der Waals surface area contributed by atoms with Crippen molar-refractivity contribution in [3.05, 3.63) is 65.5 Å². The van der Waals surface area contributed by atoms with Crippen molar-refractivity contribution >= 4 is 18.0 Å². The number of esters is 1. The third kappa shape index (κ3) is 6.26. The van der Waals surface area contributed by atoms with Gasteiger partial charge in [0.1, 0.15) is 5.82 Å². The minimum Gasteiger partial charge on any atom is -0.493 e. The van der Waals surface area contributed by atoms with Gasteiger partial charge in [0.05, 0.1) is 13.0 Å². The van der Waals surface area contributed by atoms with Crippen LogP contribution in [0.4, 0.5) is 4.39 Å². The van der Waals surface area contributed by atoms with Gasteiger partial charge in [-0.3, -0.25) is 9.59 Å². The lowest BCUT2D eigenvalue weighted by atomic mass is 10.1. The quantitative estimate of drug-likeness (QED) is 0.458. The molecule has 1 N–H and O–H groups in total. The molecule has 0 aromatic heterocycles. The lowest BCUT2D eigenvalue weighted by Gasteiger charge is -2.11. The van der Waals surface area contributed by atoms with Gasteiger partial charge in [-0.2, -0.15) is 0 Å². The van der Waals surface area contributed by atoms with Crippen LogP contribution in [0, 0.1) is 11.7 Å². The van der Waals surface area contributed by atoms with Gasteiger partial charge in [-0.1, -0.05) is 32.0 Å². The molecule has 142 valence electrons. The largest absolute Gasteiger partial charge is 0.493 e. The van der Waals surface area contributed by atoms with Gasteiger partial charge in [-0.05, 0) is 41.5 Å². The van der Waals surface area contributed by atoms with Crippen molar-refractivity contribution in [2.75, 3.05) is 7.11 Å². The number of hydrogen-bond acceptors (Lipinski definition) is 4. The fourth-order valence-electron chi connectivity index (χ4n) is 2.12. The van der Waals surface area contributed by atoms with Gasteiger partial charge in [0, 0.05) is 12.6 Å². The average Bonchev–Trinajstić information content (AvgIpc) is 2.66. The van der Waals surface area contributed by atoms with Crippen molar-refractivity contribution in [2.24, 2.45) is 5.92 Å². The molecule has 0 radical (unpaired) electrons. The van der Waals surface area contributed by atoms with Crippen LogP contribution in [0.1, 0.15) is 25.0 Å².